The molecule has 0 unspecified atom stereocenters. The number of rotatable bonds is 1. The van der Waals surface area contributed by atoms with Crippen molar-refractivity contribution in [1.29, 1.82) is 0 Å². The van der Waals surface area contributed by atoms with Crippen molar-refractivity contribution < 1.29 is 14.0 Å². The van der Waals surface area contributed by atoms with Crippen LogP contribution in [0.4, 0.5) is 0 Å². The Morgan fingerprint density at radius 1 is 0.933 bits per heavy atom. The van der Waals surface area contributed by atoms with Crippen LogP contribution in [-0.4, -0.2) is 4.84 Å². The molecule has 0 N–H and O–H groups in total. The van der Waals surface area contributed by atoms with Gasteiger partial charge in [0.1, 0.15) is 4.84 Å². The van der Waals surface area contributed by atoms with Gasteiger partial charge in [-0.05, 0) is 6.92 Å². The third-order valence-corrected chi connectivity index (χ3v) is 8.22. The van der Waals surface area contributed by atoms with Gasteiger partial charge in [0.05, 0.1) is 0 Å². The van der Waals surface area contributed by atoms with Gasteiger partial charge in [-0.3, -0.25) is 0 Å². The zero-order chi connectivity index (χ0) is 12.4. The van der Waals surface area contributed by atoms with Crippen molar-refractivity contribution in [3.8, 4) is 0 Å². The monoisotopic (exact) mass is 286 g/mol. The van der Waals surface area contributed by atoms with Crippen LogP contribution in [-0.2, 0) is 14.0 Å². The third kappa shape index (κ3) is 7.63. The minimum absolute atomic E-state index is 0.222. The van der Waals surface area contributed by atoms with Crippen molar-refractivity contribution in [1.82, 2.24) is 0 Å². The Morgan fingerprint density at radius 3 is 1.33 bits per heavy atom. The van der Waals surface area contributed by atoms with Gasteiger partial charge < -0.3 is 0 Å². The van der Waals surface area contributed by atoms with E-state index in [9.17, 15) is 0 Å². The topological polar surface area (TPSA) is 0 Å². The van der Waals surface area contributed by atoms with E-state index in [0.717, 1.165) is 4.22 Å². The SMILES string of the molecule is CC(Cl)Cl.[CH3][Ti]([CH3])([CH3])([CH3])([CH3])[CH]1C=CC=C1. The van der Waals surface area contributed by atoms with Gasteiger partial charge in [-0.15, -0.1) is 23.2 Å². The Bertz CT molecular complexity index is 251. The molecule has 0 saturated carbocycles. The number of allylic oxidation sites excluding steroid dienone is 4. The standard InChI is InChI=1S/C5H5.C2H4Cl2.5CH3.Ti/c1-2-4-5-3-1;1-2(3)4;;;;;;/h1-5H;2H,1H3;5*1H3;. The van der Waals surface area contributed by atoms with Crippen molar-refractivity contribution in [3.63, 3.8) is 0 Å². The molecule has 90 valence electrons. The van der Waals surface area contributed by atoms with E-state index in [2.05, 4.69) is 50.4 Å². The summed E-state index contributed by atoms with van der Waals surface area (Å²) >= 11 is 7.50. The molecule has 1 aliphatic carbocycles. The van der Waals surface area contributed by atoms with E-state index in [1.807, 2.05) is 0 Å². The van der Waals surface area contributed by atoms with Gasteiger partial charge in [-0.1, -0.05) is 0 Å². The quantitative estimate of drug-likeness (QED) is 0.399. The summed E-state index contributed by atoms with van der Waals surface area (Å²) in [7, 11) is 0. The van der Waals surface area contributed by atoms with Crippen molar-refractivity contribution in [2.75, 3.05) is 0 Å². The van der Waals surface area contributed by atoms with Crippen LogP contribution in [0, 0.1) is 0 Å². The van der Waals surface area contributed by atoms with Crippen molar-refractivity contribution in [2.24, 2.45) is 0 Å². The average molecular weight is 287 g/mol. The van der Waals surface area contributed by atoms with E-state index in [-0.39, 0.29) is 4.84 Å². The fourth-order valence-electron chi connectivity index (χ4n) is 1.39. The summed E-state index contributed by atoms with van der Waals surface area (Å²) in [5, 5.41) is 12.5. The Labute approximate surface area is 103 Å². The molecular formula is C12H24Cl2Ti. The zero-order valence-corrected chi connectivity index (χ0v) is 13.8. The Hall–Kier alpha value is 0.774. The van der Waals surface area contributed by atoms with E-state index in [1.54, 1.807) is 6.92 Å². The normalized spacial score (nSPS) is 20.9. The van der Waals surface area contributed by atoms with Gasteiger partial charge in [0.25, 0.3) is 0 Å². The molecule has 1 aliphatic rings. The predicted molar refractivity (Wildman–Crippen MR) is 72.5 cm³/mol. The molecule has 0 spiro atoms. The Kier molecular flexibility index (Phi) is 4.44. The van der Waals surface area contributed by atoms with Crippen LogP contribution in [0.1, 0.15) is 6.92 Å². The van der Waals surface area contributed by atoms with Gasteiger partial charge in [0, 0.05) is 0 Å². The summed E-state index contributed by atoms with van der Waals surface area (Å²) in [6.07, 6.45) is 9.06. The maximum absolute atomic E-state index is 5.04. The fourth-order valence-corrected chi connectivity index (χ4v) is 4.75. The van der Waals surface area contributed by atoms with Crippen LogP contribution < -0.4 is 0 Å². The Balaban J connectivity index is 0.000000423. The second kappa shape index (κ2) is 4.22. The summed E-state index contributed by atoms with van der Waals surface area (Å²) in [4.78, 5) is -0.222. The second-order valence-electron chi connectivity index (χ2n) is 8.26. The number of hydrogen-bond donors (Lipinski definition) is 0. The van der Waals surface area contributed by atoms with Gasteiger partial charge >= 0.3 is 68.7 Å². The molecular weight excluding hydrogens is 263 g/mol. The number of hydrogen-bond acceptors (Lipinski definition) is 0. The first kappa shape index (κ1) is 15.8. The molecule has 0 radical (unpaired) electrons. The summed E-state index contributed by atoms with van der Waals surface area (Å²) < 4.78 is 0.731. The molecule has 0 saturated heterocycles. The van der Waals surface area contributed by atoms with Crippen LogP contribution in [0.5, 0.6) is 0 Å². The van der Waals surface area contributed by atoms with E-state index >= 15 is 0 Å². The molecule has 0 nitrogen and oxygen atoms in total. The molecule has 1 rings (SSSR count). The van der Waals surface area contributed by atoms with E-state index in [4.69, 9.17) is 23.2 Å². The first-order chi connectivity index (χ1) is 6.33. The third-order valence-electron chi connectivity index (χ3n) is 2.41. The van der Waals surface area contributed by atoms with E-state index in [0.29, 0.717) is 0 Å². The first-order valence-corrected chi connectivity index (χ1v) is 15.1. The number of halogens is 2. The van der Waals surface area contributed by atoms with Crippen molar-refractivity contribution >= 4 is 23.2 Å². The molecule has 3 heteroatoms. The summed E-state index contributed by atoms with van der Waals surface area (Å²) in [5.41, 5.74) is 0. The first-order valence-electron chi connectivity index (χ1n) is 5.47. The van der Waals surface area contributed by atoms with Crippen LogP contribution in [0.15, 0.2) is 24.3 Å². The minimum atomic E-state index is -2.58. The summed E-state index contributed by atoms with van der Waals surface area (Å²) in [5.74, 6) is 0. The average Bonchev–Trinajstić information content (AvgIpc) is 2.27. The molecule has 0 amide bonds. The molecule has 0 fully saturated rings. The van der Waals surface area contributed by atoms with Gasteiger partial charge in [-0.25, -0.2) is 0 Å². The molecule has 0 aromatic rings. The fraction of sp³-hybridized carbons (Fsp3) is 0.667. The second-order valence-corrected chi connectivity index (χ2v) is 31.0. The van der Waals surface area contributed by atoms with Crippen molar-refractivity contribution in [2.45, 2.75) is 42.1 Å². The predicted octanol–water partition coefficient (Wildman–Crippen LogP) is 6.18. The van der Waals surface area contributed by atoms with Crippen LogP contribution in [0.3, 0.4) is 0 Å². The molecule has 15 heavy (non-hydrogen) atoms. The van der Waals surface area contributed by atoms with Gasteiger partial charge in [0.2, 0.25) is 0 Å². The van der Waals surface area contributed by atoms with Crippen LogP contribution >= 0.6 is 23.2 Å². The van der Waals surface area contributed by atoms with Gasteiger partial charge in [0.15, 0.2) is 0 Å². The molecule has 0 aromatic heterocycles. The van der Waals surface area contributed by atoms with Gasteiger partial charge in [-0.2, -0.15) is 0 Å². The molecule has 0 aromatic carbocycles. The Morgan fingerprint density at radius 2 is 1.20 bits per heavy atom. The number of alkyl halides is 2. The molecule has 0 atom stereocenters. The summed E-state index contributed by atoms with van der Waals surface area (Å²) in [6, 6.07) is 0. The molecule has 0 bridgehead atoms. The molecule has 0 aliphatic heterocycles. The van der Waals surface area contributed by atoms with Crippen LogP contribution in [0.2, 0.25) is 30.4 Å². The summed E-state index contributed by atoms with van der Waals surface area (Å²) in [6.45, 7) is 1.70. The van der Waals surface area contributed by atoms with E-state index in [1.165, 1.54) is 0 Å². The van der Waals surface area contributed by atoms with Crippen LogP contribution in [0.25, 0.3) is 0 Å². The maximum atomic E-state index is 5.04. The van der Waals surface area contributed by atoms with Crippen molar-refractivity contribution in [3.05, 3.63) is 24.3 Å². The zero-order valence-electron chi connectivity index (χ0n) is 10.7. The van der Waals surface area contributed by atoms with E-state index < -0.39 is 14.0 Å². The molecule has 0 heterocycles.